The van der Waals surface area contributed by atoms with E-state index >= 15 is 0 Å². The topological polar surface area (TPSA) is 51.9 Å². The van der Waals surface area contributed by atoms with Gasteiger partial charge in [0.2, 0.25) is 0 Å². The highest BCUT2D eigenvalue weighted by molar-refractivity contribution is 6.19. The Labute approximate surface area is 162 Å². The molecule has 0 spiro atoms. The molecule has 4 aromatic rings. The van der Waals surface area contributed by atoms with E-state index in [0.717, 1.165) is 53.8 Å². The average molecular weight is 370 g/mol. The Morgan fingerprint density at radius 3 is 2.86 bits per heavy atom. The van der Waals surface area contributed by atoms with E-state index in [1.807, 2.05) is 11.7 Å². The number of amides is 1. The summed E-state index contributed by atoms with van der Waals surface area (Å²) >= 11 is 0. The summed E-state index contributed by atoms with van der Waals surface area (Å²) in [6, 6.07) is 8.64. The minimum atomic E-state index is 0.0529. The maximum absolute atomic E-state index is 12.9. The molecule has 28 heavy (non-hydrogen) atoms. The Hall–Kier alpha value is -3.08. The van der Waals surface area contributed by atoms with Crippen molar-refractivity contribution in [3.8, 4) is 11.1 Å². The van der Waals surface area contributed by atoms with Gasteiger partial charge in [0, 0.05) is 53.8 Å². The van der Waals surface area contributed by atoms with Crippen LogP contribution in [0, 0.1) is 0 Å². The van der Waals surface area contributed by atoms with Crippen LogP contribution in [0.4, 0.5) is 0 Å². The maximum atomic E-state index is 12.9. The summed E-state index contributed by atoms with van der Waals surface area (Å²) in [5, 5.41) is 10.3. The molecule has 0 unspecified atom stereocenters. The zero-order valence-electron chi connectivity index (χ0n) is 16.2. The van der Waals surface area contributed by atoms with Crippen molar-refractivity contribution in [2.75, 3.05) is 0 Å². The summed E-state index contributed by atoms with van der Waals surface area (Å²) in [6.07, 6.45) is 5.01. The van der Waals surface area contributed by atoms with Crippen LogP contribution in [-0.4, -0.2) is 20.3 Å². The normalized spacial score (nSPS) is 15.0. The molecular formula is C23H22N4O. The van der Waals surface area contributed by atoms with Crippen molar-refractivity contribution in [1.29, 1.82) is 0 Å². The monoisotopic (exact) mass is 370 g/mol. The third-order valence-corrected chi connectivity index (χ3v) is 6.30. The van der Waals surface area contributed by atoms with E-state index in [2.05, 4.69) is 52.4 Å². The van der Waals surface area contributed by atoms with Gasteiger partial charge in [-0.15, -0.1) is 0 Å². The third-order valence-electron chi connectivity index (χ3n) is 6.30. The summed E-state index contributed by atoms with van der Waals surface area (Å²) < 4.78 is 4.36. The highest BCUT2D eigenvalue weighted by atomic mass is 16.1. The number of nitrogens with zero attached hydrogens (tertiary/aromatic N) is 3. The fraction of sp³-hybridized carbons (Fsp3) is 0.304. The van der Waals surface area contributed by atoms with Gasteiger partial charge in [-0.3, -0.25) is 9.48 Å². The molecule has 1 aliphatic carbocycles. The van der Waals surface area contributed by atoms with Gasteiger partial charge in [0.15, 0.2) is 0 Å². The van der Waals surface area contributed by atoms with E-state index in [0.29, 0.717) is 6.54 Å². The van der Waals surface area contributed by atoms with Crippen molar-refractivity contribution >= 4 is 27.7 Å². The highest BCUT2D eigenvalue weighted by Gasteiger charge is 2.35. The van der Waals surface area contributed by atoms with Crippen molar-refractivity contribution in [3.05, 3.63) is 52.8 Å². The molecule has 2 aromatic carbocycles. The van der Waals surface area contributed by atoms with Gasteiger partial charge in [-0.05, 0) is 36.5 Å². The van der Waals surface area contributed by atoms with Crippen molar-refractivity contribution < 1.29 is 4.79 Å². The Balaban J connectivity index is 1.87. The second-order valence-corrected chi connectivity index (χ2v) is 7.95. The number of para-hydroxylation sites is 1. The zero-order chi connectivity index (χ0) is 19.0. The van der Waals surface area contributed by atoms with E-state index in [4.69, 9.17) is 0 Å². The molecule has 1 aliphatic heterocycles. The Kier molecular flexibility index (Phi) is 3.11. The van der Waals surface area contributed by atoms with Crippen LogP contribution in [0.3, 0.4) is 0 Å². The molecule has 5 heteroatoms. The van der Waals surface area contributed by atoms with Crippen LogP contribution < -0.4 is 5.32 Å². The number of fused-ring (bicyclic) bond motifs is 10. The van der Waals surface area contributed by atoms with Gasteiger partial charge in [0.25, 0.3) is 5.91 Å². The fourth-order valence-electron chi connectivity index (χ4n) is 5.32. The standard InChI is InChI=1S/C23H22N4O/c1-3-10-27-18-7-5-4-6-13(18)20-15-11-24-23(28)21(15)19-14(22(20)27)8-9-17-16(19)12-26(2)25-17/h4-7,12H,3,8-11H2,1-2H3,(H,24,28). The number of aromatic nitrogens is 3. The quantitative estimate of drug-likeness (QED) is 0.581. The first-order chi connectivity index (χ1) is 13.7. The van der Waals surface area contributed by atoms with E-state index in [-0.39, 0.29) is 5.91 Å². The summed E-state index contributed by atoms with van der Waals surface area (Å²) in [5.41, 5.74) is 9.29. The molecule has 0 saturated carbocycles. The minimum Gasteiger partial charge on any atom is -0.348 e. The predicted octanol–water partition coefficient (Wildman–Crippen LogP) is 3.95. The molecule has 140 valence electrons. The fourth-order valence-corrected chi connectivity index (χ4v) is 5.32. The predicted molar refractivity (Wildman–Crippen MR) is 111 cm³/mol. The second kappa shape index (κ2) is 5.47. The summed E-state index contributed by atoms with van der Waals surface area (Å²) in [5.74, 6) is 0.0529. The van der Waals surface area contributed by atoms with Gasteiger partial charge in [0.1, 0.15) is 0 Å². The largest absolute Gasteiger partial charge is 0.348 e. The molecule has 3 heterocycles. The Morgan fingerprint density at radius 2 is 2.00 bits per heavy atom. The smallest absolute Gasteiger partial charge is 0.252 e. The first kappa shape index (κ1) is 15.9. The lowest BCUT2D eigenvalue weighted by Crippen LogP contribution is -2.15. The van der Waals surface area contributed by atoms with Crippen LogP contribution in [0.1, 0.15) is 40.5 Å². The first-order valence-corrected chi connectivity index (χ1v) is 10.1. The van der Waals surface area contributed by atoms with Gasteiger partial charge < -0.3 is 9.88 Å². The van der Waals surface area contributed by atoms with Gasteiger partial charge >= 0.3 is 0 Å². The lowest BCUT2D eigenvalue weighted by Gasteiger charge is -2.21. The molecule has 2 aliphatic rings. The molecule has 5 nitrogen and oxygen atoms in total. The van der Waals surface area contributed by atoms with Crippen LogP contribution in [0.15, 0.2) is 30.5 Å². The van der Waals surface area contributed by atoms with Crippen molar-refractivity contribution in [2.45, 2.75) is 39.3 Å². The molecule has 2 aromatic heterocycles. The van der Waals surface area contributed by atoms with Gasteiger partial charge in [-0.25, -0.2) is 0 Å². The Bertz CT molecular complexity index is 1310. The van der Waals surface area contributed by atoms with Crippen LogP contribution in [0.5, 0.6) is 0 Å². The first-order valence-electron chi connectivity index (χ1n) is 10.1. The van der Waals surface area contributed by atoms with E-state index in [9.17, 15) is 4.79 Å². The lowest BCUT2D eigenvalue weighted by atomic mass is 9.82. The van der Waals surface area contributed by atoms with Crippen molar-refractivity contribution in [2.24, 2.45) is 7.05 Å². The van der Waals surface area contributed by atoms with Crippen LogP contribution >= 0.6 is 0 Å². The molecular weight excluding hydrogens is 348 g/mol. The molecule has 0 fully saturated rings. The molecule has 1 N–H and O–H groups in total. The minimum absolute atomic E-state index is 0.0529. The lowest BCUT2D eigenvalue weighted by molar-refractivity contribution is 0.0966. The summed E-state index contributed by atoms with van der Waals surface area (Å²) in [4.78, 5) is 12.9. The third kappa shape index (κ3) is 1.86. The molecule has 0 atom stereocenters. The summed E-state index contributed by atoms with van der Waals surface area (Å²) in [7, 11) is 1.96. The molecule has 0 bridgehead atoms. The number of aryl methyl sites for hydroxylation is 4. The molecule has 0 radical (unpaired) electrons. The van der Waals surface area contributed by atoms with Gasteiger partial charge in [-0.2, -0.15) is 5.10 Å². The Morgan fingerprint density at radius 1 is 1.14 bits per heavy atom. The molecule has 6 rings (SSSR count). The number of rotatable bonds is 2. The number of nitrogens with one attached hydrogen (secondary N) is 1. The number of carbonyl (C=O) groups is 1. The van der Waals surface area contributed by atoms with Gasteiger partial charge in [0.05, 0.1) is 16.8 Å². The second-order valence-electron chi connectivity index (χ2n) is 7.95. The van der Waals surface area contributed by atoms with E-state index in [1.165, 1.54) is 27.4 Å². The number of carbonyl (C=O) groups excluding carboxylic acids is 1. The average Bonchev–Trinajstić information content (AvgIpc) is 3.36. The van der Waals surface area contributed by atoms with E-state index < -0.39 is 0 Å². The SMILES string of the molecule is CCCn1c2ccccc2c2c3c(c4c(c21)CCc1nn(C)cc1-4)C(=O)NC3. The highest BCUT2D eigenvalue weighted by Crippen LogP contribution is 2.46. The number of hydrogen-bond donors (Lipinski definition) is 1. The van der Waals surface area contributed by atoms with Crippen molar-refractivity contribution in [1.82, 2.24) is 19.7 Å². The van der Waals surface area contributed by atoms with E-state index in [1.54, 1.807) is 0 Å². The number of benzene rings is 2. The maximum Gasteiger partial charge on any atom is 0.252 e. The zero-order valence-corrected chi connectivity index (χ0v) is 16.2. The van der Waals surface area contributed by atoms with Crippen LogP contribution in [0.2, 0.25) is 0 Å². The molecule has 1 amide bonds. The van der Waals surface area contributed by atoms with Crippen molar-refractivity contribution in [3.63, 3.8) is 0 Å². The van der Waals surface area contributed by atoms with Gasteiger partial charge in [-0.1, -0.05) is 25.1 Å². The number of hydrogen-bond acceptors (Lipinski definition) is 2. The van der Waals surface area contributed by atoms with Crippen LogP contribution in [0.25, 0.3) is 32.9 Å². The van der Waals surface area contributed by atoms with Crippen LogP contribution in [-0.2, 0) is 33.0 Å². The summed E-state index contributed by atoms with van der Waals surface area (Å²) in [6.45, 7) is 3.81. The molecule has 0 saturated heterocycles.